The number of aryl methyl sites for hydroxylation is 1. The minimum atomic E-state index is -0.736. The average molecular weight is 330 g/mol. The Labute approximate surface area is 140 Å². The lowest BCUT2D eigenvalue weighted by molar-refractivity contribution is -0.142. The third-order valence-electron chi connectivity index (χ3n) is 4.49. The largest absolute Gasteiger partial charge is 0.481 e. The minimum absolute atomic E-state index is 0.0457. The Balaban J connectivity index is 1.47. The van der Waals surface area contributed by atoms with Crippen LogP contribution in [0, 0.1) is 12.8 Å². The molecule has 0 radical (unpaired) electrons. The number of fused-ring (bicyclic) bond motifs is 1. The van der Waals surface area contributed by atoms with E-state index >= 15 is 0 Å². The van der Waals surface area contributed by atoms with Crippen molar-refractivity contribution in [1.82, 2.24) is 20.0 Å². The van der Waals surface area contributed by atoms with Crippen molar-refractivity contribution in [3.63, 3.8) is 0 Å². The second-order valence-corrected chi connectivity index (χ2v) is 6.42. The monoisotopic (exact) mass is 330 g/mol. The number of hydrogen-bond acceptors (Lipinski definition) is 3. The van der Waals surface area contributed by atoms with Gasteiger partial charge in [-0.25, -0.2) is 9.78 Å². The lowest BCUT2D eigenvalue weighted by atomic mass is 9.86. The Hall–Kier alpha value is -2.57. The lowest BCUT2D eigenvalue weighted by Crippen LogP contribution is -2.43. The number of carboxylic acid groups (broad SMARTS) is 1. The number of carbonyl (C=O) groups is 2. The molecule has 2 aromatic rings. The Morgan fingerprint density at radius 2 is 2.00 bits per heavy atom. The topological polar surface area (TPSA) is 95.7 Å². The van der Waals surface area contributed by atoms with E-state index in [1.807, 2.05) is 35.9 Å². The van der Waals surface area contributed by atoms with E-state index in [0.29, 0.717) is 32.2 Å². The molecule has 7 heteroatoms. The van der Waals surface area contributed by atoms with Gasteiger partial charge in [-0.2, -0.15) is 0 Å². The van der Waals surface area contributed by atoms with E-state index < -0.39 is 5.97 Å². The van der Waals surface area contributed by atoms with Gasteiger partial charge in [-0.3, -0.25) is 4.79 Å². The maximum atomic E-state index is 12.0. The van der Waals surface area contributed by atoms with Crippen molar-refractivity contribution in [3.8, 4) is 0 Å². The summed E-state index contributed by atoms with van der Waals surface area (Å²) in [4.78, 5) is 27.4. The SMILES string of the molecule is Cc1ccc2nc(CNC(=O)NC3CCC(C(=O)O)CC3)cn2c1. The fourth-order valence-corrected chi connectivity index (χ4v) is 3.13. The lowest BCUT2D eigenvalue weighted by Gasteiger charge is -2.26. The molecule has 3 N–H and O–H groups in total. The predicted molar refractivity (Wildman–Crippen MR) is 88.7 cm³/mol. The number of rotatable bonds is 4. The van der Waals surface area contributed by atoms with Crippen LogP contribution < -0.4 is 10.6 Å². The summed E-state index contributed by atoms with van der Waals surface area (Å²) in [6, 6.07) is 3.76. The van der Waals surface area contributed by atoms with Crippen LogP contribution in [0.2, 0.25) is 0 Å². The number of aromatic nitrogens is 2. The minimum Gasteiger partial charge on any atom is -0.481 e. The highest BCUT2D eigenvalue weighted by atomic mass is 16.4. The van der Waals surface area contributed by atoms with Crippen LogP contribution in [0.25, 0.3) is 5.65 Å². The van der Waals surface area contributed by atoms with Crippen molar-refractivity contribution in [2.75, 3.05) is 0 Å². The van der Waals surface area contributed by atoms with Gasteiger partial charge in [-0.05, 0) is 44.2 Å². The molecule has 0 saturated heterocycles. The normalized spacial score (nSPS) is 20.7. The van der Waals surface area contributed by atoms with Gasteiger partial charge in [0.1, 0.15) is 5.65 Å². The van der Waals surface area contributed by atoms with Crippen molar-refractivity contribution in [1.29, 1.82) is 0 Å². The van der Waals surface area contributed by atoms with E-state index in [2.05, 4.69) is 15.6 Å². The Morgan fingerprint density at radius 1 is 1.25 bits per heavy atom. The summed E-state index contributed by atoms with van der Waals surface area (Å²) in [7, 11) is 0. The number of aliphatic carboxylic acids is 1. The highest BCUT2D eigenvalue weighted by molar-refractivity contribution is 5.74. The van der Waals surface area contributed by atoms with Crippen LogP contribution in [-0.4, -0.2) is 32.5 Å². The van der Waals surface area contributed by atoms with E-state index in [1.165, 1.54) is 0 Å². The molecule has 0 aliphatic heterocycles. The summed E-state index contributed by atoms with van der Waals surface area (Å²) in [5.74, 6) is -1.01. The van der Waals surface area contributed by atoms with E-state index in [4.69, 9.17) is 5.11 Å². The third kappa shape index (κ3) is 3.84. The third-order valence-corrected chi connectivity index (χ3v) is 4.49. The first kappa shape index (κ1) is 16.3. The van der Waals surface area contributed by atoms with Crippen LogP contribution in [-0.2, 0) is 11.3 Å². The molecular formula is C17H22N4O3. The number of pyridine rings is 1. The second-order valence-electron chi connectivity index (χ2n) is 6.42. The highest BCUT2D eigenvalue weighted by Gasteiger charge is 2.26. The Bertz CT molecular complexity index is 747. The van der Waals surface area contributed by atoms with Gasteiger partial charge in [-0.15, -0.1) is 0 Å². The molecule has 0 bridgehead atoms. The molecule has 3 rings (SSSR count). The summed E-state index contributed by atoms with van der Waals surface area (Å²) in [6.07, 6.45) is 6.54. The average Bonchev–Trinajstić information content (AvgIpc) is 2.95. The predicted octanol–water partition coefficient (Wildman–Crippen LogP) is 2.09. The highest BCUT2D eigenvalue weighted by Crippen LogP contribution is 2.24. The van der Waals surface area contributed by atoms with E-state index in [0.717, 1.165) is 16.9 Å². The molecule has 2 aromatic heterocycles. The fraction of sp³-hybridized carbons (Fsp3) is 0.471. The molecule has 24 heavy (non-hydrogen) atoms. The van der Waals surface area contributed by atoms with Gasteiger partial charge >= 0.3 is 12.0 Å². The number of amides is 2. The van der Waals surface area contributed by atoms with Gasteiger partial charge in [0.2, 0.25) is 0 Å². The molecule has 7 nitrogen and oxygen atoms in total. The number of carboxylic acids is 1. The van der Waals surface area contributed by atoms with Gasteiger partial charge in [0.05, 0.1) is 18.2 Å². The summed E-state index contributed by atoms with van der Waals surface area (Å²) in [6.45, 7) is 2.38. The molecule has 0 atom stereocenters. The molecule has 0 aromatic carbocycles. The summed E-state index contributed by atoms with van der Waals surface area (Å²) in [5, 5.41) is 14.7. The van der Waals surface area contributed by atoms with E-state index in [1.54, 1.807) is 0 Å². The van der Waals surface area contributed by atoms with Crippen molar-refractivity contribution in [2.45, 2.75) is 45.2 Å². The van der Waals surface area contributed by atoms with Gasteiger partial charge in [0, 0.05) is 18.4 Å². The molecular weight excluding hydrogens is 308 g/mol. The number of nitrogens with zero attached hydrogens (tertiary/aromatic N) is 2. The maximum absolute atomic E-state index is 12.0. The second kappa shape index (κ2) is 6.90. The van der Waals surface area contributed by atoms with Crippen LogP contribution in [0.4, 0.5) is 4.79 Å². The van der Waals surface area contributed by atoms with Crippen LogP contribution in [0.15, 0.2) is 24.5 Å². The number of carbonyl (C=O) groups excluding carboxylic acids is 1. The van der Waals surface area contributed by atoms with Crippen LogP contribution >= 0.6 is 0 Å². The fourth-order valence-electron chi connectivity index (χ4n) is 3.13. The Kier molecular flexibility index (Phi) is 4.69. The number of hydrogen-bond donors (Lipinski definition) is 3. The van der Waals surface area contributed by atoms with Gasteiger partial charge in [0.15, 0.2) is 0 Å². The van der Waals surface area contributed by atoms with Crippen molar-refractivity contribution in [3.05, 3.63) is 35.8 Å². The van der Waals surface area contributed by atoms with Crippen molar-refractivity contribution >= 4 is 17.6 Å². The quantitative estimate of drug-likeness (QED) is 0.800. The number of nitrogens with one attached hydrogen (secondary N) is 2. The molecule has 2 amide bonds. The first-order valence-corrected chi connectivity index (χ1v) is 8.22. The standard InChI is InChI=1S/C17H22N4O3/c1-11-2-7-15-19-14(10-21(15)9-11)8-18-17(24)20-13-5-3-12(4-6-13)16(22)23/h2,7,9-10,12-13H,3-6,8H2,1H3,(H,22,23)(H2,18,20,24). The first-order chi connectivity index (χ1) is 11.5. The van der Waals surface area contributed by atoms with Crippen molar-refractivity contribution < 1.29 is 14.7 Å². The molecule has 0 spiro atoms. The van der Waals surface area contributed by atoms with Gasteiger partial charge in [-0.1, -0.05) is 6.07 Å². The molecule has 128 valence electrons. The molecule has 0 unspecified atom stereocenters. The zero-order valence-electron chi connectivity index (χ0n) is 13.7. The zero-order chi connectivity index (χ0) is 17.1. The Morgan fingerprint density at radius 3 is 2.71 bits per heavy atom. The molecule has 1 aliphatic rings. The molecule has 1 aliphatic carbocycles. The zero-order valence-corrected chi connectivity index (χ0v) is 13.7. The van der Waals surface area contributed by atoms with E-state index in [9.17, 15) is 9.59 Å². The van der Waals surface area contributed by atoms with Gasteiger partial charge < -0.3 is 20.1 Å². The smallest absolute Gasteiger partial charge is 0.315 e. The van der Waals surface area contributed by atoms with Crippen molar-refractivity contribution in [2.24, 2.45) is 5.92 Å². The van der Waals surface area contributed by atoms with Crippen LogP contribution in [0.1, 0.15) is 36.9 Å². The molecule has 1 saturated carbocycles. The summed E-state index contributed by atoms with van der Waals surface area (Å²) >= 11 is 0. The van der Waals surface area contributed by atoms with Gasteiger partial charge in [0.25, 0.3) is 0 Å². The maximum Gasteiger partial charge on any atom is 0.315 e. The number of urea groups is 1. The van der Waals surface area contributed by atoms with Crippen LogP contribution in [0.3, 0.4) is 0 Å². The summed E-state index contributed by atoms with van der Waals surface area (Å²) in [5.41, 5.74) is 2.80. The van der Waals surface area contributed by atoms with E-state index in [-0.39, 0.29) is 18.0 Å². The van der Waals surface area contributed by atoms with Crippen LogP contribution in [0.5, 0.6) is 0 Å². The number of imidazole rings is 1. The summed E-state index contributed by atoms with van der Waals surface area (Å²) < 4.78 is 1.94. The molecule has 1 fully saturated rings. The molecule has 2 heterocycles. The first-order valence-electron chi connectivity index (χ1n) is 8.22.